The standard InChI is InChI=1S/C30H46O3/c1-18-10-15-30(25(32)33)17-16-28(6)20(24(30)19(18)2)8-9-22-27(5)13-12-23(31)26(3,4)21(27)11-14-29(22,28)7/h8,18-19,21-22,24H,9-17H2,1-7H3,(H,32,33)/t18-,19+,21+,22-,24?,27+,28-,29-,30?/m1/s1. The molecule has 9 atom stereocenters. The van der Waals surface area contributed by atoms with Crippen molar-refractivity contribution in [3.63, 3.8) is 0 Å². The fourth-order valence-corrected chi connectivity index (χ4v) is 10.7. The first-order chi connectivity index (χ1) is 15.3. The lowest BCUT2D eigenvalue weighted by Gasteiger charge is -2.70. The molecule has 0 saturated heterocycles. The maximum Gasteiger partial charge on any atom is 0.310 e. The predicted octanol–water partition coefficient (Wildman–Crippen LogP) is 7.30. The van der Waals surface area contributed by atoms with Crippen molar-refractivity contribution in [3.05, 3.63) is 11.6 Å². The third-order valence-electron chi connectivity index (χ3n) is 13.2. The van der Waals surface area contributed by atoms with Crippen LogP contribution in [-0.2, 0) is 9.59 Å². The highest BCUT2D eigenvalue weighted by Gasteiger charge is 2.69. The van der Waals surface area contributed by atoms with Crippen LogP contribution >= 0.6 is 0 Å². The number of carbonyl (C=O) groups is 2. The molecule has 0 bridgehead atoms. The maximum absolute atomic E-state index is 12.9. The molecule has 2 unspecified atom stereocenters. The highest BCUT2D eigenvalue weighted by molar-refractivity contribution is 5.85. The summed E-state index contributed by atoms with van der Waals surface area (Å²) in [4.78, 5) is 25.7. The van der Waals surface area contributed by atoms with Crippen molar-refractivity contribution in [2.75, 3.05) is 0 Å². The first-order valence-corrected chi connectivity index (χ1v) is 13.7. The molecule has 3 heteroatoms. The normalized spacial score (nSPS) is 53.1. The summed E-state index contributed by atoms with van der Waals surface area (Å²) in [6.45, 7) is 16.7. The zero-order chi connectivity index (χ0) is 24.2. The summed E-state index contributed by atoms with van der Waals surface area (Å²) in [6, 6.07) is 0. The second-order valence-corrected chi connectivity index (χ2v) is 14.3. The SMILES string of the molecule is C[C@@H]1CCC2(C(=O)O)CC[C@]3(C)C(=CC[C@@H]4[C@@]5(C)CCC(=O)C(C)(C)[C@@H]5CC[C@]43C)C2[C@H]1C. The van der Waals surface area contributed by atoms with Crippen molar-refractivity contribution in [1.29, 1.82) is 0 Å². The van der Waals surface area contributed by atoms with Gasteiger partial charge in [-0.2, -0.15) is 0 Å². The Morgan fingerprint density at radius 3 is 2.30 bits per heavy atom. The number of carboxylic acids is 1. The van der Waals surface area contributed by atoms with E-state index in [4.69, 9.17) is 0 Å². The maximum atomic E-state index is 12.9. The van der Waals surface area contributed by atoms with E-state index in [0.717, 1.165) is 51.4 Å². The lowest BCUT2D eigenvalue weighted by molar-refractivity contribution is -0.190. The van der Waals surface area contributed by atoms with Gasteiger partial charge in [0.15, 0.2) is 0 Å². The average Bonchev–Trinajstić information content (AvgIpc) is 2.74. The van der Waals surface area contributed by atoms with E-state index in [-0.39, 0.29) is 27.6 Å². The first kappa shape index (κ1) is 23.6. The molecule has 0 spiro atoms. The quantitative estimate of drug-likeness (QED) is 0.423. The number of aliphatic carboxylic acids is 1. The molecule has 184 valence electrons. The Hall–Kier alpha value is -1.12. The Balaban J connectivity index is 1.62. The summed E-state index contributed by atoms with van der Waals surface area (Å²) >= 11 is 0. The van der Waals surface area contributed by atoms with Crippen LogP contribution in [0, 0.1) is 56.7 Å². The Morgan fingerprint density at radius 2 is 1.64 bits per heavy atom. The molecular weight excluding hydrogens is 408 g/mol. The summed E-state index contributed by atoms with van der Waals surface area (Å²) in [5.74, 6) is 2.10. The van der Waals surface area contributed by atoms with Gasteiger partial charge in [0.05, 0.1) is 5.41 Å². The van der Waals surface area contributed by atoms with Crippen molar-refractivity contribution in [1.82, 2.24) is 0 Å². The first-order valence-electron chi connectivity index (χ1n) is 13.7. The fraction of sp³-hybridized carbons (Fsp3) is 0.867. The fourth-order valence-electron chi connectivity index (χ4n) is 10.7. The molecule has 0 aromatic rings. The van der Waals surface area contributed by atoms with E-state index >= 15 is 0 Å². The van der Waals surface area contributed by atoms with Crippen LogP contribution in [0.1, 0.15) is 106 Å². The molecule has 0 amide bonds. The number of Topliss-reactive ketones (excluding diaryl/α,β-unsaturated/α-hetero) is 1. The van der Waals surface area contributed by atoms with E-state index in [1.54, 1.807) is 0 Å². The molecule has 5 aliphatic rings. The van der Waals surface area contributed by atoms with E-state index < -0.39 is 11.4 Å². The number of allylic oxidation sites excluding steroid dienone is 2. The molecule has 1 N–H and O–H groups in total. The van der Waals surface area contributed by atoms with E-state index in [2.05, 4.69) is 54.5 Å². The minimum atomic E-state index is -0.569. The molecule has 33 heavy (non-hydrogen) atoms. The van der Waals surface area contributed by atoms with Gasteiger partial charge in [0.2, 0.25) is 0 Å². The summed E-state index contributed by atoms with van der Waals surface area (Å²) in [6.07, 6.45) is 11.3. The molecule has 5 rings (SSSR count). The Morgan fingerprint density at radius 1 is 0.939 bits per heavy atom. The van der Waals surface area contributed by atoms with Crippen molar-refractivity contribution >= 4 is 11.8 Å². The number of hydrogen-bond donors (Lipinski definition) is 1. The molecule has 0 aromatic heterocycles. The molecule has 0 aliphatic heterocycles. The van der Waals surface area contributed by atoms with Gasteiger partial charge in [-0.15, -0.1) is 0 Å². The summed E-state index contributed by atoms with van der Waals surface area (Å²) < 4.78 is 0. The van der Waals surface area contributed by atoms with Gasteiger partial charge in [-0.1, -0.05) is 60.1 Å². The topological polar surface area (TPSA) is 54.4 Å². The van der Waals surface area contributed by atoms with Gasteiger partial charge >= 0.3 is 5.97 Å². The van der Waals surface area contributed by atoms with Crippen LogP contribution in [0.15, 0.2) is 11.6 Å². The summed E-state index contributed by atoms with van der Waals surface area (Å²) in [5, 5.41) is 10.5. The number of carbonyl (C=O) groups excluding carboxylic acids is 1. The molecule has 4 fully saturated rings. The van der Waals surface area contributed by atoms with Crippen molar-refractivity contribution in [3.8, 4) is 0 Å². The Labute approximate surface area is 201 Å². The second kappa shape index (κ2) is 6.97. The molecule has 0 radical (unpaired) electrons. The van der Waals surface area contributed by atoms with E-state index in [1.807, 2.05) is 0 Å². The zero-order valence-electron chi connectivity index (χ0n) is 22.1. The van der Waals surface area contributed by atoms with Crippen LogP contribution < -0.4 is 0 Å². The lowest BCUT2D eigenvalue weighted by atomic mass is 9.33. The number of carboxylic acid groups (broad SMARTS) is 1. The van der Waals surface area contributed by atoms with Crippen molar-refractivity contribution in [2.24, 2.45) is 56.7 Å². The van der Waals surface area contributed by atoms with Crippen LogP contribution in [-0.4, -0.2) is 16.9 Å². The summed E-state index contributed by atoms with van der Waals surface area (Å²) in [7, 11) is 0. The minimum Gasteiger partial charge on any atom is -0.481 e. The Bertz CT molecular complexity index is 916. The van der Waals surface area contributed by atoms with Crippen LogP contribution in [0.5, 0.6) is 0 Å². The monoisotopic (exact) mass is 454 g/mol. The number of ketones is 1. The summed E-state index contributed by atoms with van der Waals surface area (Å²) in [5.41, 5.74) is 1.12. The molecule has 0 aromatic carbocycles. The largest absolute Gasteiger partial charge is 0.481 e. The van der Waals surface area contributed by atoms with Crippen molar-refractivity contribution < 1.29 is 14.7 Å². The zero-order valence-corrected chi connectivity index (χ0v) is 22.1. The van der Waals surface area contributed by atoms with Gasteiger partial charge in [0, 0.05) is 11.8 Å². The van der Waals surface area contributed by atoms with E-state index in [9.17, 15) is 14.7 Å². The number of fused-ring (bicyclic) bond motifs is 7. The van der Waals surface area contributed by atoms with Crippen molar-refractivity contribution in [2.45, 2.75) is 106 Å². The van der Waals surface area contributed by atoms with Crippen LogP contribution in [0.4, 0.5) is 0 Å². The predicted molar refractivity (Wildman–Crippen MR) is 132 cm³/mol. The lowest BCUT2D eigenvalue weighted by Crippen LogP contribution is -2.65. The average molecular weight is 455 g/mol. The van der Waals surface area contributed by atoms with Crippen LogP contribution in [0.25, 0.3) is 0 Å². The molecular formula is C30H46O3. The molecule has 5 aliphatic carbocycles. The molecule has 3 nitrogen and oxygen atoms in total. The second-order valence-electron chi connectivity index (χ2n) is 14.3. The van der Waals surface area contributed by atoms with E-state index in [0.29, 0.717) is 29.5 Å². The van der Waals surface area contributed by atoms with Gasteiger partial charge in [-0.05, 0) is 97.2 Å². The highest BCUT2D eigenvalue weighted by Crippen LogP contribution is 2.75. The third kappa shape index (κ3) is 2.69. The smallest absolute Gasteiger partial charge is 0.310 e. The highest BCUT2D eigenvalue weighted by atomic mass is 16.4. The Kier molecular flexibility index (Phi) is 4.99. The van der Waals surface area contributed by atoms with Gasteiger partial charge in [-0.25, -0.2) is 0 Å². The minimum absolute atomic E-state index is 0.0600. The number of rotatable bonds is 1. The molecule has 0 heterocycles. The van der Waals surface area contributed by atoms with Crippen LogP contribution in [0.3, 0.4) is 0 Å². The van der Waals surface area contributed by atoms with Gasteiger partial charge < -0.3 is 5.11 Å². The van der Waals surface area contributed by atoms with Crippen LogP contribution in [0.2, 0.25) is 0 Å². The van der Waals surface area contributed by atoms with Gasteiger partial charge in [-0.3, -0.25) is 9.59 Å². The molecule has 4 saturated carbocycles. The van der Waals surface area contributed by atoms with Gasteiger partial charge in [0.25, 0.3) is 0 Å². The van der Waals surface area contributed by atoms with E-state index in [1.165, 1.54) is 12.0 Å². The third-order valence-corrected chi connectivity index (χ3v) is 13.2. The number of hydrogen-bond acceptors (Lipinski definition) is 2. The van der Waals surface area contributed by atoms with Gasteiger partial charge in [0.1, 0.15) is 5.78 Å².